The van der Waals surface area contributed by atoms with Gasteiger partial charge in [0.1, 0.15) is 0 Å². The van der Waals surface area contributed by atoms with E-state index in [-0.39, 0.29) is 6.42 Å². The van der Waals surface area contributed by atoms with E-state index in [9.17, 15) is 13.2 Å². The third-order valence-corrected chi connectivity index (χ3v) is 4.62. The van der Waals surface area contributed by atoms with Crippen LogP contribution >= 0.6 is 11.3 Å². The molecular formula is C13H17F3N2S. The van der Waals surface area contributed by atoms with Crippen LogP contribution in [0.5, 0.6) is 0 Å². The number of thiazole rings is 1. The van der Waals surface area contributed by atoms with Crippen molar-refractivity contribution in [3.63, 3.8) is 0 Å². The standard InChI is InChI=1S/C13H17F3N2S/c14-13(15,16)6-5-11-18-12(8-1-2-8)10(19-11)7-17-9-3-4-9/h8-9,17H,1-7H2. The van der Waals surface area contributed by atoms with E-state index in [1.807, 2.05) is 0 Å². The van der Waals surface area contributed by atoms with Crippen LogP contribution in [-0.2, 0) is 13.0 Å². The first kappa shape index (κ1) is 13.4. The molecule has 1 heterocycles. The average molecular weight is 290 g/mol. The molecule has 1 aromatic heterocycles. The highest BCUT2D eigenvalue weighted by atomic mass is 32.1. The first-order chi connectivity index (χ1) is 9.01. The lowest BCUT2D eigenvalue weighted by Crippen LogP contribution is -2.15. The lowest BCUT2D eigenvalue weighted by atomic mass is 10.2. The molecule has 0 spiro atoms. The van der Waals surface area contributed by atoms with Crippen molar-refractivity contribution in [2.24, 2.45) is 0 Å². The Bertz CT molecular complexity index is 447. The van der Waals surface area contributed by atoms with Gasteiger partial charge < -0.3 is 5.32 Å². The Morgan fingerprint density at radius 3 is 2.53 bits per heavy atom. The summed E-state index contributed by atoms with van der Waals surface area (Å²) in [6.45, 7) is 0.778. The minimum absolute atomic E-state index is 0.0251. The second kappa shape index (κ2) is 5.05. The highest BCUT2D eigenvalue weighted by Crippen LogP contribution is 2.43. The number of aromatic nitrogens is 1. The van der Waals surface area contributed by atoms with Crippen molar-refractivity contribution < 1.29 is 13.2 Å². The van der Waals surface area contributed by atoms with Crippen LogP contribution in [0.25, 0.3) is 0 Å². The number of halogens is 3. The van der Waals surface area contributed by atoms with Gasteiger partial charge >= 0.3 is 6.18 Å². The quantitative estimate of drug-likeness (QED) is 0.862. The Kier molecular flexibility index (Phi) is 3.55. The molecule has 1 N–H and O–H groups in total. The van der Waals surface area contributed by atoms with Crippen molar-refractivity contribution in [3.8, 4) is 0 Å². The molecule has 0 amide bonds. The molecule has 0 aliphatic heterocycles. The molecule has 0 saturated heterocycles. The summed E-state index contributed by atoms with van der Waals surface area (Å²) >= 11 is 1.46. The lowest BCUT2D eigenvalue weighted by Gasteiger charge is -2.02. The summed E-state index contributed by atoms with van der Waals surface area (Å²) in [6.07, 6.45) is -0.107. The van der Waals surface area contributed by atoms with Gasteiger partial charge in [-0.2, -0.15) is 13.2 Å². The number of rotatable bonds is 6. The molecular weight excluding hydrogens is 273 g/mol. The summed E-state index contributed by atoms with van der Waals surface area (Å²) in [6, 6.07) is 0.618. The van der Waals surface area contributed by atoms with Crippen LogP contribution in [0.3, 0.4) is 0 Å². The minimum Gasteiger partial charge on any atom is -0.309 e. The van der Waals surface area contributed by atoms with Crippen molar-refractivity contribution in [2.45, 2.75) is 63.2 Å². The highest BCUT2D eigenvalue weighted by molar-refractivity contribution is 7.11. The monoisotopic (exact) mass is 290 g/mol. The van der Waals surface area contributed by atoms with Crippen LogP contribution in [0, 0.1) is 0 Å². The molecule has 2 aliphatic rings. The molecule has 0 aromatic carbocycles. The predicted molar refractivity (Wildman–Crippen MR) is 68.3 cm³/mol. The molecule has 3 rings (SSSR count). The highest BCUT2D eigenvalue weighted by Gasteiger charge is 2.32. The number of aryl methyl sites for hydroxylation is 1. The van der Waals surface area contributed by atoms with Crippen LogP contribution in [0.15, 0.2) is 0 Å². The third-order valence-electron chi connectivity index (χ3n) is 3.49. The molecule has 2 nitrogen and oxygen atoms in total. The minimum atomic E-state index is -4.09. The number of alkyl halides is 3. The second-order valence-electron chi connectivity index (χ2n) is 5.46. The van der Waals surface area contributed by atoms with Crippen molar-refractivity contribution in [1.29, 1.82) is 0 Å². The van der Waals surface area contributed by atoms with E-state index in [2.05, 4.69) is 10.3 Å². The average Bonchev–Trinajstić information content (AvgIpc) is 3.22. The largest absolute Gasteiger partial charge is 0.389 e. The van der Waals surface area contributed by atoms with Crippen molar-refractivity contribution in [1.82, 2.24) is 10.3 Å². The molecule has 106 valence electrons. The van der Waals surface area contributed by atoms with Crippen molar-refractivity contribution in [3.05, 3.63) is 15.6 Å². The molecule has 2 saturated carbocycles. The second-order valence-corrected chi connectivity index (χ2v) is 6.63. The summed E-state index contributed by atoms with van der Waals surface area (Å²) in [7, 11) is 0. The normalized spacial score (nSPS) is 19.9. The Morgan fingerprint density at radius 1 is 1.21 bits per heavy atom. The Morgan fingerprint density at radius 2 is 1.95 bits per heavy atom. The fraction of sp³-hybridized carbons (Fsp3) is 0.769. The van der Waals surface area contributed by atoms with Crippen molar-refractivity contribution in [2.75, 3.05) is 0 Å². The van der Waals surface area contributed by atoms with Crippen LogP contribution in [-0.4, -0.2) is 17.2 Å². The van der Waals surface area contributed by atoms with Gasteiger partial charge in [0.2, 0.25) is 0 Å². The zero-order valence-electron chi connectivity index (χ0n) is 10.6. The number of hydrogen-bond acceptors (Lipinski definition) is 3. The van der Waals surface area contributed by atoms with Gasteiger partial charge in [-0.15, -0.1) is 11.3 Å². The maximum atomic E-state index is 12.2. The maximum Gasteiger partial charge on any atom is 0.389 e. The fourth-order valence-electron chi connectivity index (χ4n) is 2.10. The van der Waals surface area contributed by atoms with E-state index in [1.54, 1.807) is 0 Å². The summed E-state index contributed by atoms with van der Waals surface area (Å²) < 4.78 is 36.7. The van der Waals surface area contributed by atoms with Gasteiger partial charge in [-0.3, -0.25) is 0 Å². The first-order valence-corrected chi connectivity index (χ1v) is 7.61. The summed E-state index contributed by atoms with van der Waals surface area (Å²) in [5, 5.41) is 4.08. The van der Waals surface area contributed by atoms with Gasteiger partial charge in [-0.25, -0.2) is 4.98 Å². The maximum absolute atomic E-state index is 12.2. The number of nitrogens with zero attached hydrogens (tertiary/aromatic N) is 1. The van der Waals surface area contributed by atoms with Gasteiger partial charge in [-0.05, 0) is 25.7 Å². The van der Waals surface area contributed by atoms with Gasteiger partial charge in [0.15, 0.2) is 0 Å². The van der Waals surface area contributed by atoms with E-state index in [4.69, 9.17) is 0 Å². The van der Waals surface area contributed by atoms with Crippen LogP contribution in [0.2, 0.25) is 0 Å². The molecule has 0 atom stereocenters. The zero-order valence-corrected chi connectivity index (χ0v) is 11.4. The van der Waals surface area contributed by atoms with E-state index in [0.29, 0.717) is 17.0 Å². The van der Waals surface area contributed by atoms with Gasteiger partial charge in [0.25, 0.3) is 0 Å². The molecule has 19 heavy (non-hydrogen) atoms. The Balaban J connectivity index is 1.64. The first-order valence-electron chi connectivity index (χ1n) is 6.80. The van der Waals surface area contributed by atoms with Crippen LogP contribution in [0.1, 0.15) is 53.6 Å². The van der Waals surface area contributed by atoms with E-state index in [1.165, 1.54) is 24.2 Å². The Hall–Kier alpha value is -0.620. The van der Waals surface area contributed by atoms with Gasteiger partial charge in [0, 0.05) is 36.2 Å². The lowest BCUT2D eigenvalue weighted by molar-refractivity contribution is -0.134. The number of hydrogen-bond donors (Lipinski definition) is 1. The van der Waals surface area contributed by atoms with Crippen molar-refractivity contribution >= 4 is 11.3 Å². The smallest absolute Gasteiger partial charge is 0.309 e. The molecule has 2 fully saturated rings. The zero-order chi connectivity index (χ0) is 13.5. The Labute approximate surface area is 114 Å². The summed E-state index contributed by atoms with van der Waals surface area (Å²) in [5.41, 5.74) is 1.07. The fourth-order valence-corrected chi connectivity index (χ4v) is 3.20. The molecule has 0 unspecified atom stereocenters. The SMILES string of the molecule is FC(F)(F)CCc1nc(C2CC2)c(CNC2CC2)s1. The molecule has 0 bridgehead atoms. The summed E-state index contributed by atoms with van der Waals surface area (Å²) in [4.78, 5) is 5.61. The molecule has 0 radical (unpaired) electrons. The molecule has 6 heteroatoms. The van der Waals surface area contributed by atoms with Crippen LogP contribution in [0.4, 0.5) is 13.2 Å². The molecule has 1 aromatic rings. The topological polar surface area (TPSA) is 24.9 Å². The van der Waals surface area contributed by atoms with Crippen LogP contribution < -0.4 is 5.32 Å². The molecule has 2 aliphatic carbocycles. The number of nitrogens with one attached hydrogen (secondary N) is 1. The third kappa shape index (κ3) is 3.92. The van der Waals surface area contributed by atoms with E-state index >= 15 is 0 Å². The van der Waals surface area contributed by atoms with Gasteiger partial charge in [-0.1, -0.05) is 0 Å². The summed E-state index contributed by atoms with van der Waals surface area (Å²) in [5.74, 6) is 0.506. The van der Waals surface area contributed by atoms with E-state index in [0.717, 1.165) is 30.0 Å². The predicted octanol–water partition coefficient (Wildman–Crippen LogP) is 3.77. The van der Waals surface area contributed by atoms with E-state index < -0.39 is 12.6 Å². The van der Waals surface area contributed by atoms with Gasteiger partial charge in [0.05, 0.1) is 10.7 Å².